The summed E-state index contributed by atoms with van der Waals surface area (Å²) in [5, 5.41) is 23.8. The maximum absolute atomic E-state index is 12.6. The van der Waals surface area contributed by atoms with E-state index >= 15 is 0 Å². The summed E-state index contributed by atoms with van der Waals surface area (Å²) in [4.78, 5) is 18.1. The summed E-state index contributed by atoms with van der Waals surface area (Å²) >= 11 is 0. The van der Waals surface area contributed by atoms with Gasteiger partial charge in [-0.25, -0.2) is 9.86 Å². The van der Waals surface area contributed by atoms with E-state index in [0.717, 1.165) is 10.6 Å². The van der Waals surface area contributed by atoms with Crippen LogP contribution in [0.3, 0.4) is 0 Å². The minimum Gasteiger partial charge on any atom is -0.485 e. The van der Waals surface area contributed by atoms with Crippen LogP contribution in [0.2, 0.25) is 0 Å². The Hall–Kier alpha value is -3.08. The number of hydroxylamine groups is 2. The van der Waals surface area contributed by atoms with Gasteiger partial charge in [0.05, 0.1) is 17.7 Å². The van der Waals surface area contributed by atoms with Gasteiger partial charge in [0.2, 0.25) is 0 Å². The molecule has 1 heterocycles. The van der Waals surface area contributed by atoms with Gasteiger partial charge < -0.3 is 15.2 Å². The van der Waals surface area contributed by atoms with Crippen LogP contribution in [0.5, 0.6) is 5.75 Å². The number of benzene rings is 2. The molecule has 2 atom stereocenters. The summed E-state index contributed by atoms with van der Waals surface area (Å²) in [5.41, 5.74) is 0.985. The number of amides is 2. The minimum absolute atomic E-state index is 0.238. The molecule has 1 aliphatic rings. The van der Waals surface area contributed by atoms with Gasteiger partial charge in [0, 0.05) is 12.6 Å². The fourth-order valence-corrected chi connectivity index (χ4v) is 3.05. The summed E-state index contributed by atoms with van der Waals surface area (Å²) < 4.78 is 5.85. The highest BCUT2D eigenvalue weighted by atomic mass is 16.7. The van der Waals surface area contributed by atoms with Crippen LogP contribution in [0.15, 0.2) is 48.5 Å². The predicted molar refractivity (Wildman–Crippen MR) is 102 cm³/mol. The highest BCUT2D eigenvalue weighted by Crippen LogP contribution is 2.40. The highest BCUT2D eigenvalue weighted by Gasteiger charge is 2.44. The lowest BCUT2D eigenvalue weighted by atomic mass is 9.86. The van der Waals surface area contributed by atoms with Crippen molar-refractivity contribution in [3.63, 3.8) is 0 Å². The normalized spacial score (nSPS) is 19.7. The number of aliphatic hydroxyl groups excluding tert-OH is 1. The fraction of sp³-hybridized carbons (Fsp3) is 0.333. The molecule has 7 heteroatoms. The largest absolute Gasteiger partial charge is 0.485 e. The molecule has 3 rings (SSSR count). The Bertz CT molecular complexity index is 892. The second-order valence-electron chi connectivity index (χ2n) is 7.20. The van der Waals surface area contributed by atoms with Crippen molar-refractivity contribution in [2.75, 3.05) is 7.05 Å². The molecule has 0 radical (unpaired) electrons. The summed E-state index contributed by atoms with van der Waals surface area (Å²) in [6.07, 6.45) is -1.01. The second kappa shape index (κ2) is 7.89. The standard InChI is InChI=1S/C21H23N3O4/c1-21(2)19(25)18(16-11-15(12-22)9-10-17(16)28-21)23-20(26)24(3)27-13-14-7-5-4-6-8-14/h4-11,18-19,25H,13H2,1-3H3,(H,23,26). The zero-order valence-electron chi connectivity index (χ0n) is 16.0. The van der Waals surface area contributed by atoms with Gasteiger partial charge in [-0.3, -0.25) is 4.84 Å². The molecule has 1 aliphatic heterocycles. The summed E-state index contributed by atoms with van der Waals surface area (Å²) in [5.74, 6) is 0.521. The molecule has 28 heavy (non-hydrogen) atoms. The zero-order valence-corrected chi connectivity index (χ0v) is 16.0. The molecule has 0 spiro atoms. The topological polar surface area (TPSA) is 94.8 Å². The first kappa shape index (κ1) is 19.7. The molecular formula is C21H23N3O4. The average Bonchev–Trinajstić information content (AvgIpc) is 2.69. The molecule has 2 N–H and O–H groups in total. The number of rotatable bonds is 4. The molecule has 0 aromatic heterocycles. The Labute approximate surface area is 164 Å². The smallest absolute Gasteiger partial charge is 0.341 e. The number of hydrogen-bond donors (Lipinski definition) is 2. The maximum Gasteiger partial charge on any atom is 0.341 e. The number of fused-ring (bicyclic) bond motifs is 1. The molecular weight excluding hydrogens is 358 g/mol. The molecule has 0 aliphatic carbocycles. The number of nitrogens with one attached hydrogen (secondary N) is 1. The first-order chi connectivity index (χ1) is 13.3. The van der Waals surface area contributed by atoms with Crippen molar-refractivity contribution in [1.29, 1.82) is 5.26 Å². The Kier molecular flexibility index (Phi) is 5.54. The maximum atomic E-state index is 12.6. The van der Waals surface area contributed by atoms with Gasteiger partial charge in [-0.1, -0.05) is 30.3 Å². The molecule has 7 nitrogen and oxygen atoms in total. The van der Waals surface area contributed by atoms with Gasteiger partial charge in [0.1, 0.15) is 24.1 Å². The fourth-order valence-electron chi connectivity index (χ4n) is 3.05. The number of nitrogens with zero attached hydrogens (tertiary/aromatic N) is 2. The van der Waals surface area contributed by atoms with E-state index in [0.29, 0.717) is 16.9 Å². The van der Waals surface area contributed by atoms with Crippen LogP contribution in [0, 0.1) is 11.3 Å². The van der Waals surface area contributed by atoms with E-state index in [1.165, 1.54) is 7.05 Å². The van der Waals surface area contributed by atoms with E-state index in [1.807, 2.05) is 30.3 Å². The number of carbonyl (C=O) groups is 1. The summed E-state index contributed by atoms with van der Waals surface area (Å²) in [6.45, 7) is 3.73. The molecule has 2 unspecified atom stereocenters. The van der Waals surface area contributed by atoms with Crippen molar-refractivity contribution < 1.29 is 19.5 Å². The van der Waals surface area contributed by atoms with Gasteiger partial charge in [-0.15, -0.1) is 0 Å². The van der Waals surface area contributed by atoms with Crippen LogP contribution >= 0.6 is 0 Å². The third kappa shape index (κ3) is 4.09. The second-order valence-corrected chi connectivity index (χ2v) is 7.20. The van der Waals surface area contributed by atoms with Crippen molar-refractivity contribution >= 4 is 6.03 Å². The lowest BCUT2D eigenvalue weighted by Crippen LogP contribution is -2.54. The number of ether oxygens (including phenoxy) is 1. The quantitative estimate of drug-likeness (QED) is 0.794. The first-order valence-corrected chi connectivity index (χ1v) is 8.94. The molecule has 0 fully saturated rings. The Morgan fingerprint density at radius 1 is 1.32 bits per heavy atom. The van der Waals surface area contributed by atoms with Gasteiger partial charge in [-0.05, 0) is 37.6 Å². The van der Waals surface area contributed by atoms with Crippen LogP contribution in [0.25, 0.3) is 0 Å². The van der Waals surface area contributed by atoms with E-state index in [1.54, 1.807) is 32.0 Å². The molecule has 2 aromatic rings. The SMILES string of the molecule is CN(OCc1ccccc1)C(=O)NC1c2cc(C#N)ccc2OC(C)(C)C1O. The lowest BCUT2D eigenvalue weighted by Gasteiger charge is -2.42. The zero-order chi connectivity index (χ0) is 20.3. The van der Waals surface area contributed by atoms with Gasteiger partial charge in [0.15, 0.2) is 0 Å². The lowest BCUT2D eigenvalue weighted by molar-refractivity contribution is -0.114. The molecule has 2 aromatic carbocycles. The Morgan fingerprint density at radius 3 is 2.71 bits per heavy atom. The van der Waals surface area contributed by atoms with E-state index in [-0.39, 0.29) is 6.61 Å². The third-order valence-electron chi connectivity index (χ3n) is 4.71. The average molecular weight is 381 g/mol. The van der Waals surface area contributed by atoms with Crippen LogP contribution in [-0.2, 0) is 11.4 Å². The summed E-state index contributed by atoms with van der Waals surface area (Å²) in [6, 6.07) is 15.2. The predicted octanol–water partition coefficient (Wildman–Crippen LogP) is 2.90. The van der Waals surface area contributed by atoms with Crippen molar-refractivity contribution in [1.82, 2.24) is 10.4 Å². The monoisotopic (exact) mass is 381 g/mol. The molecule has 0 saturated carbocycles. The third-order valence-corrected chi connectivity index (χ3v) is 4.71. The van der Waals surface area contributed by atoms with E-state index in [2.05, 4.69) is 11.4 Å². The van der Waals surface area contributed by atoms with Gasteiger partial charge in [0.25, 0.3) is 0 Å². The van der Waals surface area contributed by atoms with Crippen molar-refractivity contribution in [2.24, 2.45) is 0 Å². The number of urea groups is 1. The van der Waals surface area contributed by atoms with Crippen LogP contribution in [0.1, 0.15) is 36.6 Å². The highest BCUT2D eigenvalue weighted by molar-refractivity contribution is 5.73. The Balaban J connectivity index is 1.76. The first-order valence-electron chi connectivity index (χ1n) is 8.94. The van der Waals surface area contributed by atoms with Crippen molar-refractivity contribution in [2.45, 2.75) is 38.2 Å². The number of nitriles is 1. The van der Waals surface area contributed by atoms with E-state index in [9.17, 15) is 15.2 Å². The summed E-state index contributed by atoms with van der Waals surface area (Å²) in [7, 11) is 1.50. The number of aliphatic hydroxyl groups is 1. The van der Waals surface area contributed by atoms with Crippen LogP contribution in [0.4, 0.5) is 4.79 Å². The van der Waals surface area contributed by atoms with Crippen molar-refractivity contribution in [3.05, 3.63) is 65.2 Å². The van der Waals surface area contributed by atoms with Crippen LogP contribution in [-0.4, -0.2) is 35.0 Å². The van der Waals surface area contributed by atoms with Gasteiger partial charge in [-0.2, -0.15) is 5.26 Å². The molecule has 0 bridgehead atoms. The number of carbonyl (C=O) groups excluding carboxylic acids is 1. The van der Waals surface area contributed by atoms with Crippen molar-refractivity contribution in [3.8, 4) is 11.8 Å². The number of hydrogen-bond acceptors (Lipinski definition) is 5. The molecule has 146 valence electrons. The van der Waals surface area contributed by atoms with Crippen LogP contribution < -0.4 is 10.1 Å². The Morgan fingerprint density at radius 2 is 2.04 bits per heavy atom. The molecule has 2 amide bonds. The van der Waals surface area contributed by atoms with E-state index in [4.69, 9.17) is 9.57 Å². The minimum atomic E-state index is -1.01. The van der Waals surface area contributed by atoms with Gasteiger partial charge >= 0.3 is 6.03 Å². The molecule has 0 saturated heterocycles. The van der Waals surface area contributed by atoms with E-state index < -0.39 is 23.8 Å².